The molecular formula is C23H12N2OS2. The van der Waals surface area contributed by atoms with Gasteiger partial charge in [-0.2, -0.15) is 0 Å². The van der Waals surface area contributed by atoms with E-state index in [1.807, 2.05) is 48.5 Å². The fourth-order valence-electron chi connectivity index (χ4n) is 3.87. The predicted molar refractivity (Wildman–Crippen MR) is 115 cm³/mol. The van der Waals surface area contributed by atoms with Gasteiger partial charge >= 0.3 is 0 Å². The molecule has 0 unspecified atom stereocenters. The summed E-state index contributed by atoms with van der Waals surface area (Å²) in [6.45, 7) is 0. The Hall–Kier alpha value is -3.15. The van der Waals surface area contributed by atoms with Crippen LogP contribution in [0.2, 0.25) is 0 Å². The van der Waals surface area contributed by atoms with Crippen molar-refractivity contribution in [2.24, 2.45) is 10.2 Å². The first-order chi connectivity index (χ1) is 13.8. The summed E-state index contributed by atoms with van der Waals surface area (Å²) in [4.78, 5) is 15.4. The van der Waals surface area contributed by atoms with E-state index in [-0.39, 0.29) is 5.78 Å². The summed E-state index contributed by atoms with van der Waals surface area (Å²) >= 11 is 3.48. The Labute approximate surface area is 169 Å². The second-order valence-electron chi connectivity index (χ2n) is 6.64. The second kappa shape index (κ2) is 5.92. The second-order valence-corrected chi connectivity index (χ2v) is 8.48. The van der Waals surface area contributed by atoms with Crippen molar-refractivity contribution in [3.63, 3.8) is 0 Å². The first-order valence-electron chi connectivity index (χ1n) is 8.88. The van der Waals surface area contributed by atoms with Crippen LogP contribution in [0.3, 0.4) is 0 Å². The molecule has 2 aliphatic rings. The normalized spacial score (nSPS) is 13.6. The third-order valence-corrected chi connectivity index (χ3v) is 7.14. The molecule has 0 bridgehead atoms. The highest BCUT2D eigenvalue weighted by Gasteiger charge is 2.29. The van der Waals surface area contributed by atoms with Crippen LogP contribution in [0.25, 0.3) is 9.75 Å². The van der Waals surface area contributed by atoms with E-state index in [1.165, 1.54) is 9.75 Å². The number of rotatable bonds is 1. The van der Waals surface area contributed by atoms with Gasteiger partial charge in [0.05, 0.1) is 9.75 Å². The number of hydrogen-bond donors (Lipinski definition) is 0. The fourth-order valence-corrected chi connectivity index (χ4v) is 5.86. The van der Waals surface area contributed by atoms with Gasteiger partial charge in [-0.05, 0) is 22.9 Å². The largest absolute Gasteiger partial charge is 0.289 e. The molecule has 6 rings (SSSR count). The zero-order valence-corrected chi connectivity index (χ0v) is 16.2. The molecule has 2 aromatic heterocycles. The number of fused-ring (bicyclic) bond motifs is 5. The quantitative estimate of drug-likeness (QED) is 0.332. The maximum absolute atomic E-state index is 12.9. The third-order valence-electron chi connectivity index (χ3n) is 5.15. The SMILES string of the molecule is O=C1c2ccccc2C(=NN=C2c3ccsc3-c3sccc32)c2ccccc21. The predicted octanol–water partition coefficient (Wildman–Crippen LogP) is 5.62. The van der Waals surface area contributed by atoms with E-state index in [4.69, 9.17) is 10.2 Å². The lowest BCUT2D eigenvalue weighted by molar-refractivity contribution is 0.103. The van der Waals surface area contributed by atoms with Gasteiger partial charge in [0, 0.05) is 33.4 Å². The molecular weight excluding hydrogens is 384 g/mol. The summed E-state index contributed by atoms with van der Waals surface area (Å²) in [5, 5.41) is 13.6. The van der Waals surface area contributed by atoms with E-state index in [2.05, 4.69) is 22.9 Å². The summed E-state index contributed by atoms with van der Waals surface area (Å²) in [7, 11) is 0. The van der Waals surface area contributed by atoms with Crippen LogP contribution in [0.4, 0.5) is 0 Å². The van der Waals surface area contributed by atoms with E-state index in [0.717, 1.165) is 33.7 Å². The number of benzene rings is 2. The van der Waals surface area contributed by atoms with Crippen molar-refractivity contribution in [1.29, 1.82) is 0 Å². The Bertz CT molecular complexity index is 1250. The molecule has 0 saturated heterocycles. The Balaban J connectivity index is 1.59. The minimum absolute atomic E-state index is 0.0407. The van der Waals surface area contributed by atoms with E-state index in [1.54, 1.807) is 22.7 Å². The molecule has 2 aliphatic carbocycles. The zero-order valence-electron chi connectivity index (χ0n) is 14.5. The minimum Gasteiger partial charge on any atom is -0.289 e. The summed E-state index contributed by atoms with van der Waals surface area (Å²) < 4.78 is 0. The maximum atomic E-state index is 12.9. The number of carbonyl (C=O) groups excluding carboxylic acids is 1. The molecule has 2 aromatic carbocycles. The van der Waals surface area contributed by atoms with E-state index in [9.17, 15) is 4.79 Å². The summed E-state index contributed by atoms with van der Waals surface area (Å²) in [6, 6.07) is 19.5. The van der Waals surface area contributed by atoms with Gasteiger partial charge in [0.25, 0.3) is 0 Å². The molecule has 0 spiro atoms. The zero-order chi connectivity index (χ0) is 18.7. The maximum Gasteiger partial charge on any atom is 0.194 e. The molecule has 0 atom stereocenters. The van der Waals surface area contributed by atoms with Crippen LogP contribution in [-0.2, 0) is 0 Å². The summed E-state index contributed by atoms with van der Waals surface area (Å²) in [6.07, 6.45) is 0. The Morgan fingerprint density at radius 3 is 1.46 bits per heavy atom. The van der Waals surface area contributed by atoms with E-state index in [0.29, 0.717) is 11.1 Å². The number of nitrogens with zero attached hydrogens (tertiary/aromatic N) is 2. The van der Waals surface area contributed by atoms with E-state index < -0.39 is 0 Å². The molecule has 0 radical (unpaired) electrons. The highest BCUT2D eigenvalue weighted by Crippen LogP contribution is 2.44. The number of carbonyl (C=O) groups is 1. The van der Waals surface area contributed by atoms with Crippen LogP contribution in [0.1, 0.15) is 38.2 Å². The van der Waals surface area contributed by atoms with Crippen LogP contribution < -0.4 is 0 Å². The van der Waals surface area contributed by atoms with Gasteiger partial charge in [-0.15, -0.1) is 32.9 Å². The van der Waals surface area contributed by atoms with E-state index >= 15 is 0 Å². The van der Waals surface area contributed by atoms with Crippen LogP contribution in [0, 0.1) is 0 Å². The smallest absolute Gasteiger partial charge is 0.194 e. The van der Waals surface area contributed by atoms with Gasteiger partial charge in [-0.3, -0.25) is 4.79 Å². The van der Waals surface area contributed by atoms with Crippen molar-refractivity contribution in [2.75, 3.05) is 0 Å². The molecule has 4 aromatic rings. The molecule has 0 fully saturated rings. The highest BCUT2D eigenvalue weighted by molar-refractivity contribution is 7.21. The van der Waals surface area contributed by atoms with Crippen LogP contribution in [0.15, 0.2) is 81.6 Å². The highest BCUT2D eigenvalue weighted by atomic mass is 32.1. The average Bonchev–Trinajstić information content (AvgIpc) is 3.44. The topological polar surface area (TPSA) is 41.8 Å². The van der Waals surface area contributed by atoms with Gasteiger partial charge in [0.15, 0.2) is 5.78 Å². The molecule has 0 aliphatic heterocycles. The monoisotopic (exact) mass is 396 g/mol. The number of hydrogen-bond acceptors (Lipinski definition) is 5. The third kappa shape index (κ3) is 2.11. The van der Waals surface area contributed by atoms with Crippen molar-refractivity contribution in [3.05, 3.63) is 105 Å². The van der Waals surface area contributed by atoms with Gasteiger partial charge in [0.1, 0.15) is 11.4 Å². The van der Waals surface area contributed by atoms with Crippen molar-refractivity contribution < 1.29 is 4.79 Å². The van der Waals surface area contributed by atoms with Gasteiger partial charge in [-0.1, -0.05) is 48.5 Å². The molecule has 2 heterocycles. The first kappa shape index (κ1) is 15.9. The van der Waals surface area contributed by atoms with Gasteiger partial charge < -0.3 is 0 Å². The summed E-state index contributed by atoms with van der Waals surface area (Å²) in [5.74, 6) is 0.0407. The fraction of sp³-hybridized carbons (Fsp3) is 0. The van der Waals surface area contributed by atoms with Gasteiger partial charge in [0.2, 0.25) is 0 Å². The number of ketones is 1. The lowest BCUT2D eigenvalue weighted by Crippen LogP contribution is -2.21. The molecule has 0 N–H and O–H groups in total. The molecule has 28 heavy (non-hydrogen) atoms. The molecule has 132 valence electrons. The van der Waals surface area contributed by atoms with Gasteiger partial charge in [-0.25, -0.2) is 0 Å². The molecule has 0 amide bonds. The van der Waals surface area contributed by atoms with Crippen molar-refractivity contribution in [3.8, 4) is 9.75 Å². The average molecular weight is 396 g/mol. The first-order valence-corrected chi connectivity index (χ1v) is 10.6. The van der Waals surface area contributed by atoms with Crippen LogP contribution in [0.5, 0.6) is 0 Å². The Morgan fingerprint density at radius 2 is 0.964 bits per heavy atom. The van der Waals surface area contributed by atoms with Crippen molar-refractivity contribution >= 4 is 39.9 Å². The molecule has 3 nitrogen and oxygen atoms in total. The minimum atomic E-state index is 0.0407. The van der Waals surface area contributed by atoms with Crippen LogP contribution >= 0.6 is 22.7 Å². The van der Waals surface area contributed by atoms with Crippen molar-refractivity contribution in [2.45, 2.75) is 0 Å². The van der Waals surface area contributed by atoms with Crippen molar-refractivity contribution in [1.82, 2.24) is 0 Å². The van der Waals surface area contributed by atoms with Crippen LogP contribution in [-0.4, -0.2) is 17.2 Å². The summed E-state index contributed by atoms with van der Waals surface area (Å²) in [5.41, 5.74) is 6.98. The molecule has 0 saturated carbocycles. The number of thiophene rings is 2. The lowest BCUT2D eigenvalue weighted by atomic mass is 9.84. The Kier molecular flexibility index (Phi) is 3.36. The standard InChI is InChI=1S/C23H12N2OS2/c26-21-15-7-3-1-5-13(15)19(14-6-2-4-8-16(14)21)24-25-20-17-9-11-27-22(17)23-18(20)10-12-28-23/h1-12H. The lowest BCUT2D eigenvalue weighted by Gasteiger charge is -2.19. The molecule has 5 heteroatoms. The Morgan fingerprint density at radius 1 is 0.536 bits per heavy atom.